The third-order valence-corrected chi connectivity index (χ3v) is 3.84. The molecule has 1 fully saturated rings. The highest BCUT2D eigenvalue weighted by Gasteiger charge is 2.18. The minimum absolute atomic E-state index is 0.0123. The molecule has 0 bridgehead atoms. The van der Waals surface area contributed by atoms with E-state index >= 15 is 0 Å². The number of methoxy groups -OCH3 is 1. The molecule has 1 aromatic rings. The molecule has 2 rings (SSSR count). The maximum absolute atomic E-state index is 11.9. The Morgan fingerprint density at radius 2 is 2.40 bits per heavy atom. The minimum atomic E-state index is -0.344. The van der Waals surface area contributed by atoms with E-state index in [2.05, 4.69) is 15.0 Å². The number of carbonyl (C=O) groups excluding carboxylic acids is 2. The number of ether oxygens (including phenoxy) is 2. The lowest BCUT2D eigenvalue weighted by Gasteiger charge is -2.21. The maximum atomic E-state index is 11.9. The van der Waals surface area contributed by atoms with E-state index in [0.29, 0.717) is 17.2 Å². The number of nitrogens with one attached hydrogen (secondary N) is 1. The Hall–Kier alpha value is -1.47. The summed E-state index contributed by atoms with van der Waals surface area (Å²) in [4.78, 5) is 27.1. The Morgan fingerprint density at radius 3 is 3.10 bits per heavy atom. The number of rotatable bonds is 5. The van der Waals surface area contributed by atoms with Gasteiger partial charge in [0, 0.05) is 12.0 Å². The smallest absolute Gasteiger partial charge is 0.311 e. The van der Waals surface area contributed by atoms with Crippen LogP contribution in [0.2, 0.25) is 0 Å². The molecule has 1 aliphatic heterocycles. The Kier molecular flexibility index (Phi) is 5.49. The van der Waals surface area contributed by atoms with Crippen molar-refractivity contribution in [2.75, 3.05) is 19.0 Å². The third-order valence-electron chi connectivity index (χ3n) is 3.04. The number of aromatic nitrogens is 1. The van der Waals surface area contributed by atoms with Crippen molar-refractivity contribution in [2.45, 2.75) is 38.2 Å². The zero-order valence-corrected chi connectivity index (χ0v) is 12.2. The number of esters is 1. The molecule has 1 unspecified atom stereocenters. The number of hydrogen-bond acceptors (Lipinski definition) is 6. The first-order chi connectivity index (χ1) is 9.67. The number of carbonyl (C=O) groups is 2. The van der Waals surface area contributed by atoms with Crippen LogP contribution in [0.5, 0.6) is 0 Å². The lowest BCUT2D eigenvalue weighted by molar-refractivity contribution is -0.139. The van der Waals surface area contributed by atoms with E-state index < -0.39 is 0 Å². The molecule has 0 radical (unpaired) electrons. The van der Waals surface area contributed by atoms with E-state index in [1.807, 2.05) is 0 Å². The molecule has 1 N–H and O–H groups in total. The average Bonchev–Trinajstić information content (AvgIpc) is 2.86. The maximum Gasteiger partial charge on any atom is 0.311 e. The Labute approximate surface area is 121 Å². The average molecular weight is 298 g/mol. The number of amides is 1. The van der Waals surface area contributed by atoms with Crippen LogP contribution in [-0.2, 0) is 25.5 Å². The largest absolute Gasteiger partial charge is 0.469 e. The fourth-order valence-electron chi connectivity index (χ4n) is 2.01. The molecule has 1 aromatic heterocycles. The summed E-state index contributed by atoms with van der Waals surface area (Å²) in [6.07, 6.45) is 3.59. The molecule has 6 nitrogen and oxygen atoms in total. The van der Waals surface area contributed by atoms with Crippen molar-refractivity contribution < 1.29 is 19.1 Å². The predicted octanol–water partition coefficient (Wildman–Crippen LogP) is 1.76. The van der Waals surface area contributed by atoms with E-state index in [-0.39, 0.29) is 24.4 Å². The molecule has 0 spiro atoms. The number of anilines is 1. The van der Waals surface area contributed by atoms with Gasteiger partial charge in [-0.15, -0.1) is 11.3 Å². The Morgan fingerprint density at radius 1 is 1.55 bits per heavy atom. The Balaban J connectivity index is 1.80. The van der Waals surface area contributed by atoms with Crippen LogP contribution in [0.15, 0.2) is 5.38 Å². The molecule has 0 aliphatic carbocycles. The van der Waals surface area contributed by atoms with Gasteiger partial charge < -0.3 is 14.8 Å². The first-order valence-electron chi connectivity index (χ1n) is 6.60. The van der Waals surface area contributed by atoms with E-state index in [4.69, 9.17) is 4.74 Å². The summed E-state index contributed by atoms with van der Waals surface area (Å²) in [7, 11) is 1.33. The second-order valence-electron chi connectivity index (χ2n) is 4.64. The fourth-order valence-corrected chi connectivity index (χ4v) is 2.74. The molecule has 20 heavy (non-hydrogen) atoms. The predicted molar refractivity (Wildman–Crippen MR) is 74.7 cm³/mol. The fraction of sp³-hybridized carbons (Fsp3) is 0.615. The van der Waals surface area contributed by atoms with Gasteiger partial charge in [-0.2, -0.15) is 0 Å². The molecule has 7 heteroatoms. The van der Waals surface area contributed by atoms with Gasteiger partial charge in [-0.3, -0.25) is 9.59 Å². The first-order valence-corrected chi connectivity index (χ1v) is 7.48. The van der Waals surface area contributed by atoms with Crippen LogP contribution >= 0.6 is 11.3 Å². The standard InChI is InChI=1S/C13H18N2O4S/c1-18-12(17)6-9-8-20-13(14-9)15-11(16)7-10-4-2-3-5-19-10/h8,10H,2-7H2,1H3,(H,14,15,16). The van der Waals surface area contributed by atoms with Gasteiger partial charge in [-0.05, 0) is 19.3 Å². The van der Waals surface area contributed by atoms with Crippen LogP contribution in [-0.4, -0.2) is 36.7 Å². The van der Waals surface area contributed by atoms with E-state index in [9.17, 15) is 9.59 Å². The Bertz CT molecular complexity index is 469. The van der Waals surface area contributed by atoms with Gasteiger partial charge in [0.2, 0.25) is 5.91 Å². The van der Waals surface area contributed by atoms with E-state index in [0.717, 1.165) is 25.9 Å². The van der Waals surface area contributed by atoms with Crippen molar-refractivity contribution in [3.8, 4) is 0 Å². The van der Waals surface area contributed by atoms with Gasteiger partial charge in [-0.1, -0.05) is 0 Å². The highest BCUT2D eigenvalue weighted by atomic mass is 32.1. The zero-order chi connectivity index (χ0) is 14.4. The molecule has 0 aromatic carbocycles. The second-order valence-corrected chi connectivity index (χ2v) is 5.50. The molecular weight excluding hydrogens is 280 g/mol. The number of thiazole rings is 1. The normalized spacial score (nSPS) is 18.6. The number of hydrogen-bond donors (Lipinski definition) is 1. The highest BCUT2D eigenvalue weighted by Crippen LogP contribution is 2.19. The van der Waals surface area contributed by atoms with Gasteiger partial charge in [0.15, 0.2) is 5.13 Å². The minimum Gasteiger partial charge on any atom is -0.469 e. The first kappa shape index (κ1) is 14.9. The van der Waals surface area contributed by atoms with Crippen LogP contribution in [0.25, 0.3) is 0 Å². The molecule has 110 valence electrons. The van der Waals surface area contributed by atoms with Gasteiger partial charge in [0.1, 0.15) is 0 Å². The summed E-state index contributed by atoms with van der Waals surface area (Å²) in [6.45, 7) is 0.735. The molecule has 2 heterocycles. The monoisotopic (exact) mass is 298 g/mol. The summed E-state index contributed by atoms with van der Waals surface area (Å²) in [5.41, 5.74) is 0.603. The molecule has 0 saturated carbocycles. The van der Waals surface area contributed by atoms with Crippen molar-refractivity contribution in [1.29, 1.82) is 0 Å². The SMILES string of the molecule is COC(=O)Cc1csc(NC(=O)CC2CCCCO2)n1. The second kappa shape index (κ2) is 7.35. The summed E-state index contributed by atoms with van der Waals surface area (Å²) in [5, 5.41) is 4.98. The van der Waals surface area contributed by atoms with E-state index in [1.54, 1.807) is 5.38 Å². The van der Waals surface area contributed by atoms with Crippen molar-refractivity contribution in [2.24, 2.45) is 0 Å². The van der Waals surface area contributed by atoms with Crippen LogP contribution in [0.1, 0.15) is 31.4 Å². The lowest BCUT2D eigenvalue weighted by Crippen LogP contribution is -2.25. The van der Waals surface area contributed by atoms with Crippen LogP contribution < -0.4 is 5.32 Å². The van der Waals surface area contributed by atoms with Crippen LogP contribution in [0.4, 0.5) is 5.13 Å². The highest BCUT2D eigenvalue weighted by molar-refractivity contribution is 7.13. The summed E-state index contributed by atoms with van der Waals surface area (Å²) < 4.78 is 10.1. The topological polar surface area (TPSA) is 77.5 Å². The van der Waals surface area contributed by atoms with Crippen molar-refractivity contribution in [1.82, 2.24) is 4.98 Å². The molecule has 1 atom stereocenters. The van der Waals surface area contributed by atoms with Gasteiger partial charge in [0.05, 0.1) is 31.7 Å². The molecule has 1 amide bonds. The van der Waals surface area contributed by atoms with Gasteiger partial charge in [0.25, 0.3) is 0 Å². The van der Waals surface area contributed by atoms with Gasteiger partial charge >= 0.3 is 5.97 Å². The van der Waals surface area contributed by atoms with Crippen molar-refractivity contribution in [3.05, 3.63) is 11.1 Å². The molecule has 1 saturated heterocycles. The van der Waals surface area contributed by atoms with Crippen LogP contribution in [0, 0.1) is 0 Å². The zero-order valence-electron chi connectivity index (χ0n) is 11.4. The van der Waals surface area contributed by atoms with E-state index in [1.165, 1.54) is 18.4 Å². The summed E-state index contributed by atoms with van der Waals surface area (Å²) in [5.74, 6) is -0.445. The van der Waals surface area contributed by atoms with Crippen LogP contribution in [0.3, 0.4) is 0 Å². The summed E-state index contributed by atoms with van der Waals surface area (Å²) in [6, 6.07) is 0. The number of nitrogens with zero attached hydrogens (tertiary/aromatic N) is 1. The van der Waals surface area contributed by atoms with Crippen molar-refractivity contribution >= 4 is 28.3 Å². The molecular formula is C13H18N2O4S. The summed E-state index contributed by atoms with van der Waals surface area (Å²) >= 11 is 1.30. The quantitative estimate of drug-likeness (QED) is 0.838. The van der Waals surface area contributed by atoms with Gasteiger partial charge in [-0.25, -0.2) is 4.98 Å². The van der Waals surface area contributed by atoms with Crippen molar-refractivity contribution in [3.63, 3.8) is 0 Å². The molecule has 1 aliphatic rings. The third kappa shape index (κ3) is 4.57. The lowest BCUT2D eigenvalue weighted by atomic mass is 10.1.